The van der Waals surface area contributed by atoms with Gasteiger partial charge in [-0.05, 0) is 137 Å². The van der Waals surface area contributed by atoms with Crippen LogP contribution < -0.4 is 0 Å². The van der Waals surface area contributed by atoms with Crippen molar-refractivity contribution in [3.63, 3.8) is 0 Å². The monoisotopic (exact) mass is 1030 g/mol. The van der Waals surface area contributed by atoms with Crippen LogP contribution in [0.3, 0.4) is 0 Å². The van der Waals surface area contributed by atoms with Gasteiger partial charge in [0.15, 0.2) is 15.6 Å². The Morgan fingerprint density at radius 2 is 1.54 bits per heavy atom. The van der Waals surface area contributed by atoms with Crippen molar-refractivity contribution in [3.05, 3.63) is 83.5 Å². The van der Waals surface area contributed by atoms with Crippen molar-refractivity contribution in [2.24, 2.45) is 17.3 Å². The number of sulfone groups is 1. The van der Waals surface area contributed by atoms with Gasteiger partial charge in [-0.3, -0.25) is 8.98 Å². The van der Waals surface area contributed by atoms with Crippen molar-refractivity contribution in [2.75, 3.05) is 26.1 Å². The quantitative estimate of drug-likeness (QED) is 0.0432. The molecule has 0 aliphatic carbocycles. The number of benzene rings is 2. The van der Waals surface area contributed by atoms with Crippen LogP contribution in [-0.4, -0.2) is 109 Å². The van der Waals surface area contributed by atoms with Gasteiger partial charge in [-0.15, -0.1) is 0 Å². The van der Waals surface area contributed by atoms with Crippen LogP contribution in [0.25, 0.3) is 0 Å². The maximum atomic E-state index is 14.9. The molecule has 0 saturated carbocycles. The minimum absolute atomic E-state index is 0.0239. The molecule has 13 nitrogen and oxygen atoms in total. The number of aliphatic hydroxyl groups excluding tert-OH is 1. The molecule has 10 atom stereocenters. The Morgan fingerprint density at radius 3 is 2.08 bits per heavy atom. The van der Waals surface area contributed by atoms with E-state index in [0.29, 0.717) is 68.4 Å². The second-order valence-electron chi connectivity index (χ2n) is 22.7. The van der Waals surface area contributed by atoms with Gasteiger partial charge in [0.1, 0.15) is 4.90 Å². The van der Waals surface area contributed by atoms with Crippen LogP contribution in [0, 0.1) is 17.3 Å². The molecule has 2 aromatic rings. The molecular formula is C56H86O13S2. The molecule has 0 amide bonds. The summed E-state index contributed by atoms with van der Waals surface area (Å²) in [6, 6.07) is 12.2. The third-order valence-electron chi connectivity index (χ3n) is 14.3. The van der Waals surface area contributed by atoms with E-state index in [1.807, 2.05) is 81.4 Å². The van der Waals surface area contributed by atoms with E-state index >= 15 is 0 Å². The van der Waals surface area contributed by atoms with E-state index in [1.54, 1.807) is 37.4 Å². The van der Waals surface area contributed by atoms with E-state index in [1.165, 1.54) is 0 Å². The minimum atomic E-state index is -4.35. The molecule has 71 heavy (non-hydrogen) atoms. The number of esters is 1. The normalized spacial score (nSPS) is 25.3. The molecule has 0 bridgehead atoms. The van der Waals surface area contributed by atoms with Crippen molar-refractivity contribution in [2.45, 2.75) is 217 Å². The second kappa shape index (κ2) is 24.6. The average Bonchev–Trinajstić information content (AvgIpc) is 3.93. The molecule has 3 aliphatic rings. The van der Waals surface area contributed by atoms with E-state index in [9.17, 15) is 26.7 Å². The number of hydrogen-bond acceptors (Lipinski definition) is 13. The molecule has 2 aromatic carbocycles. The lowest BCUT2D eigenvalue weighted by molar-refractivity contribution is -0.153. The molecular weight excluding hydrogens is 945 g/mol. The van der Waals surface area contributed by atoms with Crippen molar-refractivity contribution >= 4 is 25.9 Å². The van der Waals surface area contributed by atoms with Crippen LogP contribution in [0.1, 0.15) is 169 Å². The Kier molecular flexibility index (Phi) is 20.4. The Hall–Kier alpha value is -2.99. The van der Waals surface area contributed by atoms with E-state index in [0.717, 1.165) is 11.1 Å². The highest BCUT2D eigenvalue weighted by molar-refractivity contribution is 7.91. The van der Waals surface area contributed by atoms with Gasteiger partial charge in [0, 0.05) is 25.9 Å². The van der Waals surface area contributed by atoms with Crippen LogP contribution in [-0.2, 0) is 57.4 Å². The van der Waals surface area contributed by atoms with Crippen LogP contribution in [0.15, 0.2) is 76.6 Å². The zero-order valence-corrected chi connectivity index (χ0v) is 46.5. The fourth-order valence-corrected chi connectivity index (χ4v) is 13.6. The third-order valence-corrected chi connectivity index (χ3v) is 17.6. The third kappa shape index (κ3) is 15.8. The van der Waals surface area contributed by atoms with Crippen LogP contribution >= 0.6 is 0 Å². The summed E-state index contributed by atoms with van der Waals surface area (Å²) in [6.07, 6.45) is -1.39. The molecule has 3 aliphatic heterocycles. The molecule has 15 heteroatoms. The van der Waals surface area contributed by atoms with Crippen molar-refractivity contribution < 1.29 is 59.3 Å². The first-order chi connectivity index (χ1) is 33.0. The Bertz CT molecular complexity index is 2300. The van der Waals surface area contributed by atoms with Crippen LogP contribution in [0.2, 0.25) is 0 Å². The number of hydrogen-bond donors (Lipinski definition) is 1. The molecule has 0 radical (unpaired) electrons. The van der Waals surface area contributed by atoms with Gasteiger partial charge in [-0.2, -0.15) is 8.42 Å². The largest absolute Gasteiger partial charge is 0.465 e. The fourth-order valence-electron chi connectivity index (χ4n) is 10.1. The van der Waals surface area contributed by atoms with Crippen molar-refractivity contribution in [1.82, 2.24) is 0 Å². The number of ether oxygens (including phenoxy) is 6. The highest BCUT2D eigenvalue weighted by atomic mass is 32.2. The summed E-state index contributed by atoms with van der Waals surface area (Å²) in [7, 11) is -6.62. The average molecular weight is 1030 g/mol. The van der Waals surface area contributed by atoms with E-state index in [-0.39, 0.29) is 70.4 Å². The predicted octanol–water partition coefficient (Wildman–Crippen LogP) is 10.7. The van der Waals surface area contributed by atoms with Gasteiger partial charge in [-0.1, -0.05) is 92.0 Å². The first-order valence-corrected chi connectivity index (χ1v) is 28.8. The lowest BCUT2D eigenvalue weighted by atomic mass is 9.86. The number of rotatable bonds is 25. The molecule has 1 N–H and O–H groups in total. The standard InChI is InChI=1S/C56H86O13S2/c1-34(2)40-28-45(35(3)4)53(46(29-40)36(5)6)71(61,62)69-42(23-24-49-38(8)27-41(66-49)20-19-25-64-54(58)55(10,11)12)26-37(7)39(9)48(57)31-50-47(33-70(59,60)44-21-17-16-18-22-44)52(63-15)51(67-50)30-43-32-65-56(13,14)68-43/h16-18,21-22,28-29,34-37,41-43,47-52,57H,8-9,19-20,23-27,30-33H2,1-7,10-15H3/t37-,41+,42-,43?,47+,48-,49+,50+,51-,52-/m1/s1. The summed E-state index contributed by atoms with van der Waals surface area (Å²) >= 11 is 0. The summed E-state index contributed by atoms with van der Waals surface area (Å²) in [5.74, 6) is -2.44. The molecule has 0 spiro atoms. The first kappa shape index (κ1) is 58.9. The summed E-state index contributed by atoms with van der Waals surface area (Å²) in [6.45, 7) is 32.5. The number of carbonyl (C=O) groups is 1. The zero-order valence-electron chi connectivity index (χ0n) is 44.9. The molecule has 3 heterocycles. The lowest BCUT2D eigenvalue weighted by Crippen LogP contribution is -2.37. The van der Waals surface area contributed by atoms with Crippen molar-refractivity contribution in [3.8, 4) is 0 Å². The highest BCUT2D eigenvalue weighted by Crippen LogP contribution is 2.41. The van der Waals surface area contributed by atoms with E-state index in [4.69, 9.17) is 32.6 Å². The predicted molar refractivity (Wildman–Crippen MR) is 277 cm³/mol. The smallest absolute Gasteiger partial charge is 0.311 e. The van der Waals surface area contributed by atoms with E-state index < -0.39 is 73.5 Å². The summed E-state index contributed by atoms with van der Waals surface area (Å²) in [4.78, 5) is 12.7. The fraction of sp³-hybridized carbons (Fsp3) is 0.696. The molecule has 0 aromatic heterocycles. The highest BCUT2D eigenvalue weighted by Gasteiger charge is 2.49. The van der Waals surface area contributed by atoms with E-state index in [2.05, 4.69) is 27.0 Å². The number of carbonyl (C=O) groups excluding carboxylic acids is 1. The Labute approximate surface area is 426 Å². The summed E-state index contributed by atoms with van der Waals surface area (Å²) in [5.41, 5.74) is 3.24. The number of aliphatic hydroxyl groups is 1. The number of methoxy groups -OCH3 is 1. The van der Waals surface area contributed by atoms with Crippen LogP contribution in [0.4, 0.5) is 0 Å². The topological polar surface area (TPSA) is 170 Å². The summed E-state index contributed by atoms with van der Waals surface area (Å²) in [5, 5.41) is 12.1. The maximum Gasteiger partial charge on any atom is 0.311 e. The van der Waals surface area contributed by atoms with Gasteiger partial charge in [-0.25, -0.2) is 8.42 Å². The van der Waals surface area contributed by atoms with Crippen LogP contribution in [0.5, 0.6) is 0 Å². The SMILES string of the molecule is C=C([C@H](C)C[C@@H](CC[C@@H]1O[C@@H](CCCOC(=O)C(C)(C)C)CC1=C)OS(=O)(=O)c1c(C(C)C)cc(C(C)C)cc1C(C)C)[C@H](O)C[C@@H]1O[C@H](CC2COC(C)(C)O2)[C@H](OC)[C@H]1CS(=O)(=O)c1ccccc1. The molecule has 400 valence electrons. The molecule has 5 rings (SSSR count). The van der Waals surface area contributed by atoms with Crippen molar-refractivity contribution in [1.29, 1.82) is 0 Å². The molecule has 1 unspecified atom stereocenters. The zero-order chi connectivity index (χ0) is 52.8. The Balaban J connectivity index is 1.38. The van der Waals surface area contributed by atoms with Gasteiger partial charge in [0.05, 0.1) is 78.1 Å². The molecule has 3 fully saturated rings. The minimum Gasteiger partial charge on any atom is -0.465 e. The van der Waals surface area contributed by atoms with Gasteiger partial charge in [0.25, 0.3) is 10.1 Å². The Morgan fingerprint density at radius 1 is 0.901 bits per heavy atom. The second-order valence-corrected chi connectivity index (χ2v) is 26.2. The van der Waals surface area contributed by atoms with Gasteiger partial charge in [0.2, 0.25) is 0 Å². The lowest BCUT2D eigenvalue weighted by Gasteiger charge is -2.29. The summed E-state index contributed by atoms with van der Waals surface area (Å²) < 4.78 is 101. The first-order valence-electron chi connectivity index (χ1n) is 25.8. The van der Waals surface area contributed by atoms with Gasteiger partial charge >= 0.3 is 5.97 Å². The van der Waals surface area contributed by atoms with Gasteiger partial charge < -0.3 is 33.5 Å². The maximum absolute atomic E-state index is 14.9. The molecule has 3 saturated heterocycles.